The molecule has 0 amide bonds. The first-order chi connectivity index (χ1) is 4.20. The van der Waals surface area contributed by atoms with Crippen LogP contribution < -0.4 is 5.32 Å². The Balaban J connectivity index is 3.43. The summed E-state index contributed by atoms with van der Waals surface area (Å²) in [5, 5.41) is 3.07. The smallest absolute Gasteiger partial charge is 0.130 e. The van der Waals surface area contributed by atoms with Crippen LogP contribution >= 0.6 is 24.8 Å². The summed E-state index contributed by atoms with van der Waals surface area (Å²) in [6, 6.07) is 0.509. The van der Waals surface area contributed by atoms with Gasteiger partial charge >= 0.3 is 0 Å². The third kappa shape index (κ3) is 4.73. The minimum atomic E-state index is 0.509. The quantitative estimate of drug-likeness (QED) is 0.487. The largest absolute Gasteiger partial charge is 0.368 e. The van der Waals surface area contributed by atoms with Gasteiger partial charge in [0.05, 0.1) is 0 Å². The van der Waals surface area contributed by atoms with E-state index in [-0.39, 0.29) is 0 Å². The van der Waals surface area contributed by atoms with E-state index < -0.39 is 0 Å². The van der Waals surface area contributed by atoms with Gasteiger partial charge in [0.15, 0.2) is 0 Å². The molecule has 3 heteroatoms. The maximum Gasteiger partial charge on any atom is 0.130 e. The summed E-state index contributed by atoms with van der Waals surface area (Å²) in [4.78, 5) is 0. The highest BCUT2D eigenvalue weighted by molar-refractivity contribution is 8.11. The molecule has 9 heavy (non-hydrogen) atoms. The van der Waals surface area contributed by atoms with Crippen molar-refractivity contribution in [1.82, 2.24) is 5.32 Å². The van der Waals surface area contributed by atoms with Crippen LogP contribution in [0.3, 0.4) is 0 Å². The van der Waals surface area contributed by atoms with Gasteiger partial charge in [0.25, 0.3) is 0 Å². The van der Waals surface area contributed by atoms with E-state index in [4.69, 9.17) is 12.2 Å². The van der Waals surface area contributed by atoms with Gasteiger partial charge in [-0.1, -0.05) is 26.1 Å². The van der Waals surface area contributed by atoms with Crippen LogP contribution in [0.1, 0.15) is 26.7 Å². The van der Waals surface area contributed by atoms with Crippen molar-refractivity contribution in [3.05, 3.63) is 0 Å². The van der Waals surface area contributed by atoms with E-state index in [2.05, 4.69) is 31.8 Å². The summed E-state index contributed by atoms with van der Waals surface area (Å²) in [6.45, 7) is 4.26. The maximum atomic E-state index is 4.76. The Kier molecular flexibility index (Phi) is 5.19. The van der Waals surface area contributed by atoms with Crippen molar-refractivity contribution in [1.29, 1.82) is 0 Å². The molecule has 0 aromatic rings. The second-order valence-corrected chi connectivity index (χ2v) is 3.12. The number of rotatable bonds is 3. The minimum Gasteiger partial charge on any atom is -0.368 e. The molecular weight excluding hydrogens is 150 g/mol. The summed E-state index contributed by atoms with van der Waals surface area (Å²) in [5.74, 6) is 0. The van der Waals surface area contributed by atoms with Crippen LogP contribution in [-0.2, 0) is 0 Å². The molecule has 0 spiro atoms. The van der Waals surface area contributed by atoms with Gasteiger partial charge in [-0.2, -0.15) is 0 Å². The van der Waals surface area contributed by atoms with Crippen LogP contribution in [0.2, 0.25) is 0 Å². The first-order valence-electron chi connectivity index (χ1n) is 3.20. The molecule has 0 aliphatic carbocycles. The Morgan fingerprint density at radius 2 is 2.00 bits per heavy atom. The van der Waals surface area contributed by atoms with E-state index in [0.29, 0.717) is 10.4 Å². The van der Waals surface area contributed by atoms with Gasteiger partial charge in [-0.05, 0) is 12.8 Å². The van der Waals surface area contributed by atoms with Gasteiger partial charge in [0.1, 0.15) is 4.32 Å². The average Bonchev–Trinajstić information content (AvgIpc) is 1.82. The topological polar surface area (TPSA) is 12.0 Å². The van der Waals surface area contributed by atoms with Crippen LogP contribution in [0.5, 0.6) is 0 Å². The minimum absolute atomic E-state index is 0.509. The van der Waals surface area contributed by atoms with Crippen LogP contribution in [0, 0.1) is 0 Å². The summed E-state index contributed by atoms with van der Waals surface area (Å²) >= 11 is 8.72. The monoisotopic (exact) mass is 163 g/mol. The molecule has 0 radical (unpaired) electrons. The van der Waals surface area contributed by atoms with Crippen molar-refractivity contribution < 1.29 is 0 Å². The SMILES string of the molecule is CCC(CC)NC(=S)S. The zero-order chi connectivity index (χ0) is 7.28. The summed E-state index contributed by atoms with van der Waals surface area (Å²) < 4.78 is 0.601. The summed E-state index contributed by atoms with van der Waals surface area (Å²) in [6.07, 6.45) is 2.22. The Bertz CT molecular complexity index is 89.1. The molecule has 0 atom stereocenters. The van der Waals surface area contributed by atoms with Crippen molar-refractivity contribution in [2.24, 2.45) is 0 Å². The molecule has 0 aromatic carbocycles. The highest BCUT2D eigenvalue weighted by Crippen LogP contribution is 1.96. The molecule has 0 unspecified atom stereocenters. The number of nitrogens with one attached hydrogen (secondary N) is 1. The van der Waals surface area contributed by atoms with E-state index in [1.807, 2.05) is 0 Å². The number of hydrogen-bond acceptors (Lipinski definition) is 1. The fourth-order valence-electron chi connectivity index (χ4n) is 0.667. The molecule has 0 saturated carbocycles. The zero-order valence-electron chi connectivity index (χ0n) is 5.85. The Morgan fingerprint density at radius 1 is 1.56 bits per heavy atom. The van der Waals surface area contributed by atoms with Crippen LogP contribution in [-0.4, -0.2) is 10.4 Å². The lowest BCUT2D eigenvalue weighted by Gasteiger charge is -2.13. The molecule has 0 fully saturated rings. The first kappa shape index (κ1) is 9.24. The standard InChI is InChI=1S/C6H13NS2/c1-3-5(4-2)7-6(8)9/h5H,3-4H2,1-2H3,(H2,7,8,9). The maximum absolute atomic E-state index is 4.76. The van der Waals surface area contributed by atoms with Crippen molar-refractivity contribution in [3.8, 4) is 0 Å². The first-order valence-corrected chi connectivity index (χ1v) is 4.05. The van der Waals surface area contributed by atoms with Crippen LogP contribution in [0.15, 0.2) is 0 Å². The van der Waals surface area contributed by atoms with Crippen molar-refractivity contribution >= 4 is 29.2 Å². The summed E-state index contributed by atoms with van der Waals surface area (Å²) in [5.41, 5.74) is 0. The lowest BCUT2D eigenvalue weighted by Crippen LogP contribution is -2.29. The molecular formula is C6H13NS2. The Morgan fingerprint density at radius 3 is 2.11 bits per heavy atom. The number of thiocarbonyl (C=S) groups is 1. The summed E-state index contributed by atoms with van der Waals surface area (Å²) in [7, 11) is 0. The molecule has 0 aliphatic heterocycles. The normalized spacial score (nSPS) is 9.78. The van der Waals surface area contributed by atoms with Gasteiger partial charge in [0, 0.05) is 6.04 Å². The third-order valence-corrected chi connectivity index (χ3v) is 1.56. The van der Waals surface area contributed by atoms with Gasteiger partial charge in [0.2, 0.25) is 0 Å². The molecule has 0 aliphatic rings. The predicted octanol–water partition coefficient (Wildman–Crippen LogP) is 1.98. The van der Waals surface area contributed by atoms with Gasteiger partial charge < -0.3 is 5.32 Å². The van der Waals surface area contributed by atoms with Crippen LogP contribution in [0.4, 0.5) is 0 Å². The lowest BCUT2D eigenvalue weighted by atomic mass is 10.2. The molecule has 0 saturated heterocycles. The fraction of sp³-hybridized carbons (Fsp3) is 0.833. The van der Waals surface area contributed by atoms with E-state index >= 15 is 0 Å². The van der Waals surface area contributed by atoms with E-state index in [0.717, 1.165) is 12.8 Å². The van der Waals surface area contributed by atoms with Gasteiger partial charge in [-0.3, -0.25) is 0 Å². The van der Waals surface area contributed by atoms with Gasteiger partial charge in [-0.15, -0.1) is 12.6 Å². The third-order valence-electron chi connectivity index (χ3n) is 1.31. The van der Waals surface area contributed by atoms with Gasteiger partial charge in [-0.25, -0.2) is 0 Å². The molecule has 0 bridgehead atoms. The predicted molar refractivity (Wildman–Crippen MR) is 49.1 cm³/mol. The molecule has 54 valence electrons. The lowest BCUT2D eigenvalue weighted by molar-refractivity contribution is 0.577. The zero-order valence-corrected chi connectivity index (χ0v) is 7.56. The van der Waals surface area contributed by atoms with E-state index in [9.17, 15) is 0 Å². The molecule has 0 rings (SSSR count). The number of thiol groups is 1. The van der Waals surface area contributed by atoms with E-state index in [1.54, 1.807) is 0 Å². The highest BCUT2D eigenvalue weighted by Gasteiger charge is 2.00. The fourth-order valence-corrected chi connectivity index (χ4v) is 1.02. The molecule has 1 nitrogen and oxygen atoms in total. The van der Waals surface area contributed by atoms with Crippen LogP contribution in [0.25, 0.3) is 0 Å². The Hall–Kier alpha value is 0.240. The molecule has 1 N–H and O–H groups in total. The Labute approximate surface area is 67.6 Å². The van der Waals surface area contributed by atoms with Crippen molar-refractivity contribution in [3.63, 3.8) is 0 Å². The van der Waals surface area contributed by atoms with E-state index in [1.165, 1.54) is 0 Å². The molecule has 0 heterocycles. The number of hydrogen-bond donors (Lipinski definition) is 2. The second kappa shape index (κ2) is 5.06. The van der Waals surface area contributed by atoms with Crippen molar-refractivity contribution in [2.45, 2.75) is 32.7 Å². The second-order valence-electron chi connectivity index (χ2n) is 1.96. The van der Waals surface area contributed by atoms with Crippen molar-refractivity contribution in [2.75, 3.05) is 0 Å². The average molecular weight is 163 g/mol. The molecule has 0 aromatic heterocycles. The highest BCUT2D eigenvalue weighted by atomic mass is 32.1.